The number of piperazine rings is 1. The highest BCUT2D eigenvalue weighted by molar-refractivity contribution is 4.92. The summed E-state index contributed by atoms with van der Waals surface area (Å²) in [5.74, 6) is 1.01. The average molecular weight is 210 g/mol. The van der Waals surface area contributed by atoms with E-state index in [0.29, 0.717) is 0 Å². The van der Waals surface area contributed by atoms with Crippen molar-refractivity contribution >= 4 is 0 Å². The molecule has 1 saturated carbocycles. The van der Waals surface area contributed by atoms with Crippen molar-refractivity contribution in [3.8, 4) is 0 Å². The van der Waals surface area contributed by atoms with Gasteiger partial charge in [0.15, 0.2) is 0 Å². The Morgan fingerprint density at radius 1 is 1.33 bits per heavy atom. The van der Waals surface area contributed by atoms with Crippen LogP contribution in [-0.4, -0.2) is 36.6 Å². The average Bonchev–Trinajstić information content (AvgIpc) is 3.10. The molecular weight excluding hydrogens is 184 g/mol. The van der Waals surface area contributed by atoms with Crippen LogP contribution in [0, 0.1) is 5.92 Å². The lowest BCUT2D eigenvalue weighted by Gasteiger charge is -2.39. The Balaban J connectivity index is 1.84. The van der Waals surface area contributed by atoms with E-state index in [4.69, 9.17) is 0 Å². The van der Waals surface area contributed by atoms with Gasteiger partial charge in [-0.15, -0.1) is 0 Å². The Morgan fingerprint density at radius 2 is 2.13 bits per heavy atom. The maximum absolute atomic E-state index is 3.69. The van der Waals surface area contributed by atoms with Gasteiger partial charge in [-0.1, -0.05) is 20.3 Å². The molecule has 2 heteroatoms. The van der Waals surface area contributed by atoms with Crippen molar-refractivity contribution in [3.63, 3.8) is 0 Å². The highest BCUT2D eigenvalue weighted by Gasteiger charge is 2.35. The van der Waals surface area contributed by atoms with E-state index in [1.807, 2.05) is 0 Å². The van der Waals surface area contributed by atoms with Gasteiger partial charge in [0.2, 0.25) is 0 Å². The molecule has 2 nitrogen and oxygen atoms in total. The van der Waals surface area contributed by atoms with E-state index in [0.717, 1.165) is 18.0 Å². The SMILES string of the molecule is CCCC(CC)N1CCNC(C2CC2)C1. The molecule has 2 aliphatic rings. The van der Waals surface area contributed by atoms with E-state index in [-0.39, 0.29) is 0 Å². The molecule has 2 atom stereocenters. The number of hydrogen-bond acceptors (Lipinski definition) is 2. The van der Waals surface area contributed by atoms with Gasteiger partial charge in [-0.2, -0.15) is 0 Å². The van der Waals surface area contributed by atoms with Crippen LogP contribution in [-0.2, 0) is 0 Å². The minimum atomic E-state index is 0.810. The summed E-state index contributed by atoms with van der Waals surface area (Å²) in [6.45, 7) is 8.43. The van der Waals surface area contributed by atoms with Crippen molar-refractivity contribution in [3.05, 3.63) is 0 Å². The van der Waals surface area contributed by atoms with Crippen LogP contribution in [0.2, 0.25) is 0 Å². The highest BCUT2D eigenvalue weighted by Crippen LogP contribution is 2.34. The Morgan fingerprint density at radius 3 is 2.73 bits per heavy atom. The van der Waals surface area contributed by atoms with Crippen molar-refractivity contribution in [2.24, 2.45) is 5.92 Å². The van der Waals surface area contributed by atoms with Gasteiger partial charge in [0.1, 0.15) is 0 Å². The number of nitrogens with one attached hydrogen (secondary N) is 1. The Kier molecular flexibility index (Phi) is 4.04. The van der Waals surface area contributed by atoms with Crippen LogP contribution in [0.15, 0.2) is 0 Å². The fraction of sp³-hybridized carbons (Fsp3) is 1.00. The molecule has 1 heterocycles. The minimum Gasteiger partial charge on any atom is -0.311 e. The standard InChI is InChI=1S/C13H26N2/c1-3-5-12(4-2)15-9-8-14-13(10-15)11-6-7-11/h11-14H,3-10H2,1-2H3. The molecule has 0 aromatic carbocycles. The number of rotatable bonds is 5. The van der Waals surface area contributed by atoms with Crippen LogP contribution < -0.4 is 5.32 Å². The van der Waals surface area contributed by atoms with Gasteiger partial charge in [0, 0.05) is 31.7 Å². The van der Waals surface area contributed by atoms with E-state index in [9.17, 15) is 0 Å². The molecule has 1 aliphatic carbocycles. The molecule has 15 heavy (non-hydrogen) atoms. The molecular formula is C13H26N2. The topological polar surface area (TPSA) is 15.3 Å². The normalized spacial score (nSPS) is 30.4. The lowest BCUT2D eigenvalue weighted by Crippen LogP contribution is -2.54. The zero-order chi connectivity index (χ0) is 10.7. The molecule has 1 N–H and O–H groups in total. The summed E-state index contributed by atoms with van der Waals surface area (Å²) < 4.78 is 0. The third-order valence-electron chi connectivity index (χ3n) is 4.04. The first-order valence-corrected chi connectivity index (χ1v) is 6.82. The first-order valence-electron chi connectivity index (χ1n) is 6.82. The molecule has 88 valence electrons. The second-order valence-corrected chi connectivity index (χ2v) is 5.24. The van der Waals surface area contributed by atoms with Crippen LogP contribution >= 0.6 is 0 Å². The van der Waals surface area contributed by atoms with E-state index < -0.39 is 0 Å². The van der Waals surface area contributed by atoms with E-state index in [1.165, 1.54) is 51.7 Å². The Labute approximate surface area is 94.4 Å². The van der Waals surface area contributed by atoms with Gasteiger partial charge < -0.3 is 5.32 Å². The molecule has 2 rings (SSSR count). The second kappa shape index (κ2) is 5.31. The Bertz CT molecular complexity index is 189. The van der Waals surface area contributed by atoms with Crippen LogP contribution in [0.4, 0.5) is 0 Å². The van der Waals surface area contributed by atoms with Gasteiger partial charge in [0.25, 0.3) is 0 Å². The van der Waals surface area contributed by atoms with Crippen molar-refractivity contribution in [2.75, 3.05) is 19.6 Å². The largest absolute Gasteiger partial charge is 0.311 e. The van der Waals surface area contributed by atoms with Crippen molar-refractivity contribution < 1.29 is 0 Å². The summed E-state index contributed by atoms with van der Waals surface area (Å²) in [6, 6.07) is 1.66. The molecule has 0 bridgehead atoms. The molecule has 0 amide bonds. The summed E-state index contributed by atoms with van der Waals surface area (Å²) in [7, 11) is 0. The second-order valence-electron chi connectivity index (χ2n) is 5.24. The smallest absolute Gasteiger partial charge is 0.0223 e. The molecule has 2 fully saturated rings. The van der Waals surface area contributed by atoms with E-state index in [1.54, 1.807) is 0 Å². The number of nitrogens with zero attached hydrogens (tertiary/aromatic N) is 1. The summed E-state index contributed by atoms with van der Waals surface area (Å²) in [5, 5.41) is 3.69. The first-order chi connectivity index (χ1) is 7.35. The number of hydrogen-bond donors (Lipinski definition) is 1. The predicted octanol–water partition coefficient (Wildman–Crippen LogP) is 2.25. The fourth-order valence-electron chi connectivity index (χ4n) is 2.93. The summed E-state index contributed by atoms with van der Waals surface area (Å²) in [5.41, 5.74) is 0. The molecule has 0 aromatic heterocycles. The van der Waals surface area contributed by atoms with Crippen LogP contribution in [0.25, 0.3) is 0 Å². The van der Waals surface area contributed by atoms with E-state index >= 15 is 0 Å². The lowest BCUT2D eigenvalue weighted by atomic mass is 10.0. The molecule has 2 unspecified atom stereocenters. The zero-order valence-electron chi connectivity index (χ0n) is 10.3. The Hall–Kier alpha value is -0.0800. The predicted molar refractivity (Wildman–Crippen MR) is 65.1 cm³/mol. The van der Waals surface area contributed by atoms with Gasteiger partial charge in [-0.3, -0.25) is 4.90 Å². The van der Waals surface area contributed by atoms with Gasteiger partial charge >= 0.3 is 0 Å². The first kappa shape index (κ1) is 11.4. The summed E-state index contributed by atoms with van der Waals surface area (Å²) >= 11 is 0. The van der Waals surface area contributed by atoms with E-state index in [2.05, 4.69) is 24.1 Å². The summed E-state index contributed by atoms with van der Waals surface area (Å²) in [6.07, 6.45) is 6.97. The quantitative estimate of drug-likeness (QED) is 0.749. The lowest BCUT2D eigenvalue weighted by molar-refractivity contribution is 0.125. The van der Waals surface area contributed by atoms with Crippen molar-refractivity contribution in [1.82, 2.24) is 10.2 Å². The molecule has 0 radical (unpaired) electrons. The fourth-order valence-corrected chi connectivity index (χ4v) is 2.93. The minimum absolute atomic E-state index is 0.810. The molecule has 0 spiro atoms. The molecule has 1 aliphatic heterocycles. The van der Waals surface area contributed by atoms with Gasteiger partial charge in [-0.05, 0) is 31.6 Å². The third-order valence-corrected chi connectivity index (χ3v) is 4.04. The molecule has 1 saturated heterocycles. The monoisotopic (exact) mass is 210 g/mol. The zero-order valence-corrected chi connectivity index (χ0v) is 10.3. The maximum atomic E-state index is 3.69. The third kappa shape index (κ3) is 2.94. The van der Waals surface area contributed by atoms with Crippen LogP contribution in [0.5, 0.6) is 0 Å². The summed E-state index contributed by atoms with van der Waals surface area (Å²) in [4.78, 5) is 2.74. The van der Waals surface area contributed by atoms with Gasteiger partial charge in [0.05, 0.1) is 0 Å². The highest BCUT2D eigenvalue weighted by atomic mass is 15.2. The van der Waals surface area contributed by atoms with Crippen molar-refractivity contribution in [1.29, 1.82) is 0 Å². The molecule has 0 aromatic rings. The van der Waals surface area contributed by atoms with Crippen LogP contribution in [0.1, 0.15) is 46.0 Å². The van der Waals surface area contributed by atoms with Gasteiger partial charge in [-0.25, -0.2) is 0 Å². The van der Waals surface area contributed by atoms with Crippen molar-refractivity contribution in [2.45, 2.75) is 58.0 Å². The maximum Gasteiger partial charge on any atom is 0.0223 e. The van der Waals surface area contributed by atoms with Crippen LogP contribution in [0.3, 0.4) is 0 Å².